The Morgan fingerprint density at radius 3 is 2.58 bits per heavy atom. The molecule has 1 aliphatic rings. The Morgan fingerprint density at radius 1 is 1.42 bits per heavy atom. The number of nitrogens with zero attached hydrogens (tertiary/aromatic N) is 1. The second-order valence-electron chi connectivity index (χ2n) is 4.79. The molecule has 1 unspecified atom stereocenters. The van der Waals surface area contributed by atoms with E-state index in [1.54, 1.807) is 7.05 Å². The van der Waals surface area contributed by atoms with Gasteiger partial charge in [-0.25, -0.2) is 0 Å². The SMILES string of the molecule is CNC(=O)CN1CCC(NC(=O)C(N)COC)CC1. The molecule has 0 aromatic rings. The van der Waals surface area contributed by atoms with Crippen molar-refractivity contribution in [1.29, 1.82) is 0 Å². The van der Waals surface area contributed by atoms with E-state index in [2.05, 4.69) is 15.5 Å². The van der Waals surface area contributed by atoms with Gasteiger partial charge in [-0.05, 0) is 12.8 Å². The number of nitrogens with two attached hydrogens (primary N) is 1. The molecule has 1 rings (SSSR count). The first-order valence-corrected chi connectivity index (χ1v) is 6.54. The van der Waals surface area contributed by atoms with E-state index in [4.69, 9.17) is 10.5 Å². The summed E-state index contributed by atoms with van der Waals surface area (Å²) in [7, 11) is 3.15. The summed E-state index contributed by atoms with van der Waals surface area (Å²) in [5.41, 5.74) is 5.66. The van der Waals surface area contributed by atoms with Crippen molar-refractivity contribution in [2.45, 2.75) is 24.9 Å². The predicted molar refractivity (Wildman–Crippen MR) is 71.5 cm³/mol. The molecule has 1 heterocycles. The standard InChI is InChI=1S/C12H24N4O3/c1-14-11(17)7-16-5-3-9(4-6-16)15-12(18)10(13)8-19-2/h9-10H,3-8,13H2,1-2H3,(H,14,17)(H,15,18). The number of hydrogen-bond acceptors (Lipinski definition) is 5. The maximum absolute atomic E-state index is 11.7. The smallest absolute Gasteiger partial charge is 0.239 e. The number of nitrogens with one attached hydrogen (secondary N) is 2. The number of hydrogen-bond donors (Lipinski definition) is 3. The Morgan fingerprint density at radius 2 is 2.05 bits per heavy atom. The maximum Gasteiger partial charge on any atom is 0.239 e. The molecule has 0 bridgehead atoms. The molecule has 7 nitrogen and oxygen atoms in total. The minimum Gasteiger partial charge on any atom is -0.383 e. The van der Waals surface area contributed by atoms with Gasteiger partial charge in [-0.1, -0.05) is 0 Å². The van der Waals surface area contributed by atoms with Crippen LogP contribution in [0.4, 0.5) is 0 Å². The van der Waals surface area contributed by atoms with Crippen molar-refractivity contribution in [3.63, 3.8) is 0 Å². The van der Waals surface area contributed by atoms with Crippen LogP contribution in [0.1, 0.15) is 12.8 Å². The second kappa shape index (κ2) is 8.08. The van der Waals surface area contributed by atoms with Crippen molar-refractivity contribution in [2.24, 2.45) is 5.73 Å². The normalized spacial score (nSPS) is 18.9. The van der Waals surface area contributed by atoms with Crippen LogP contribution in [-0.4, -0.2) is 69.2 Å². The van der Waals surface area contributed by atoms with Gasteiger partial charge in [0.1, 0.15) is 6.04 Å². The molecule has 0 spiro atoms. The number of rotatable bonds is 6. The van der Waals surface area contributed by atoms with Gasteiger partial charge in [-0.15, -0.1) is 0 Å². The number of carbonyl (C=O) groups is 2. The zero-order valence-corrected chi connectivity index (χ0v) is 11.6. The molecule has 0 saturated carbocycles. The number of piperidine rings is 1. The molecule has 0 aromatic carbocycles. The Kier molecular flexibility index (Phi) is 6.75. The van der Waals surface area contributed by atoms with Crippen LogP contribution in [0.15, 0.2) is 0 Å². The number of likely N-dealkylation sites (tertiary alicyclic amines) is 1. The highest BCUT2D eigenvalue weighted by Gasteiger charge is 2.23. The highest BCUT2D eigenvalue weighted by Crippen LogP contribution is 2.09. The summed E-state index contributed by atoms with van der Waals surface area (Å²) >= 11 is 0. The molecule has 0 radical (unpaired) electrons. The second-order valence-corrected chi connectivity index (χ2v) is 4.79. The summed E-state index contributed by atoms with van der Waals surface area (Å²) in [5, 5.41) is 5.52. The Labute approximate surface area is 113 Å². The molecule has 1 fully saturated rings. The van der Waals surface area contributed by atoms with Crippen molar-refractivity contribution in [3.8, 4) is 0 Å². The van der Waals surface area contributed by atoms with Crippen molar-refractivity contribution < 1.29 is 14.3 Å². The molecule has 1 atom stereocenters. The maximum atomic E-state index is 11.7. The molecule has 1 aliphatic heterocycles. The fourth-order valence-electron chi connectivity index (χ4n) is 2.08. The highest BCUT2D eigenvalue weighted by molar-refractivity contribution is 5.82. The number of likely N-dealkylation sites (N-methyl/N-ethyl adjacent to an activating group) is 1. The zero-order valence-electron chi connectivity index (χ0n) is 11.6. The zero-order chi connectivity index (χ0) is 14.3. The van der Waals surface area contributed by atoms with E-state index in [1.165, 1.54) is 7.11 Å². The molecule has 4 N–H and O–H groups in total. The van der Waals surface area contributed by atoms with Crippen LogP contribution in [0, 0.1) is 0 Å². The van der Waals surface area contributed by atoms with E-state index in [-0.39, 0.29) is 24.5 Å². The number of carbonyl (C=O) groups excluding carboxylic acids is 2. The van der Waals surface area contributed by atoms with Gasteiger partial charge in [-0.2, -0.15) is 0 Å². The monoisotopic (exact) mass is 272 g/mol. The Bertz CT molecular complexity index is 303. The minimum absolute atomic E-state index is 0.0182. The van der Waals surface area contributed by atoms with Crippen LogP contribution in [0.5, 0.6) is 0 Å². The molecule has 19 heavy (non-hydrogen) atoms. The van der Waals surface area contributed by atoms with E-state index in [0.717, 1.165) is 25.9 Å². The van der Waals surface area contributed by atoms with E-state index in [1.807, 2.05) is 0 Å². The molecule has 1 saturated heterocycles. The van der Waals surface area contributed by atoms with E-state index >= 15 is 0 Å². The third-order valence-electron chi connectivity index (χ3n) is 3.26. The van der Waals surface area contributed by atoms with Crippen molar-refractivity contribution in [1.82, 2.24) is 15.5 Å². The lowest BCUT2D eigenvalue weighted by Crippen LogP contribution is -2.51. The first kappa shape index (κ1) is 15.9. The first-order chi connectivity index (χ1) is 9.06. The van der Waals surface area contributed by atoms with Gasteiger partial charge in [0.05, 0.1) is 13.2 Å². The molecule has 7 heteroatoms. The van der Waals surface area contributed by atoms with Crippen LogP contribution in [0.2, 0.25) is 0 Å². The third kappa shape index (κ3) is 5.54. The average molecular weight is 272 g/mol. The summed E-state index contributed by atoms with van der Waals surface area (Å²) in [6.45, 7) is 2.25. The lowest BCUT2D eigenvalue weighted by Gasteiger charge is -2.32. The minimum atomic E-state index is -0.617. The lowest BCUT2D eigenvalue weighted by molar-refractivity contribution is -0.125. The summed E-state index contributed by atoms with van der Waals surface area (Å²) in [6.07, 6.45) is 1.67. The summed E-state index contributed by atoms with van der Waals surface area (Å²) in [6, 6.07) is -0.481. The summed E-state index contributed by atoms with van der Waals surface area (Å²) < 4.78 is 4.85. The summed E-state index contributed by atoms with van der Waals surface area (Å²) in [4.78, 5) is 25.0. The van der Waals surface area contributed by atoms with Crippen LogP contribution in [-0.2, 0) is 14.3 Å². The van der Waals surface area contributed by atoms with Crippen molar-refractivity contribution in [3.05, 3.63) is 0 Å². The van der Waals surface area contributed by atoms with E-state index < -0.39 is 6.04 Å². The van der Waals surface area contributed by atoms with Gasteiger partial charge in [0.2, 0.25) is 11.8 Å². The van der Waals surface area contributed by atoms with Crippen LogP contribution < -0.4 is 16.4 Å². The van der Waals surface area contributed by atoms with Crippen LogP contribution >= 0.6 is 0 Å². The number of amides is 2. The molecular formula is C12H24N4O3. The fourth-order valence-corrected chi connectivity index (χ4v) is 2.08. The fraction of sp³-hybridized carbons (Fsp3) is 0.833. The molecule has 2 amide bonds. The van der Waals surface area contributed by atoms with Gasteiger partial charge < -0.3 is 21.1 Å². The lowest BCUT2D eigenvalue weighted by atomic mass is 10.0. The largest absolute Gasteiger partial charge is 0.383 e. The summed E-state index contributed by atoms with van der Waals surface area (Å²) in [5.74, 6) is -0.156. The molecular weight excluding hydrogens is 248 g/mol. The number of methoxy groups -OCH3 is 1. The Hall–Kier alpha value is -1.18. The topological polar surface area (TPSA) is 96.7 Å². The Balaban J connectivity index is 2.26. The quantitative estimate of drug-likeness (QED) is 0.535. The van der Waals surface area contributed by atoms with Crippen LogP contribution in [0.25, 0.3) is 0 Å². The van der Waals surface area contributed by atoms with Gasteiger partial charge in [-0.3, -0.25) is 14.5 Å². The van der Waals surface area contributed by atoms with Gasteiger partial charge in [0, 0.05) is 33.3 Å². The third-order valence-corrected chi connectivity index (χ3v) is 3.26. The van der Waals surface area contributed by atoms with E-state index in [9.17, 15) is 9.59 Å². The van der Waals surface area contributed by atoms with E-state index in [0.29, 0.717) is 6.54 Å². The highest BCUT2D eigenvalue weighted by atomic mass is 16.5. The van der Waals surface area contributed by atoms with Gasteiger partial charge in [0.15, 0.2) is 0 Å². The average Bonchev–Trinajstić information content (AvgIpc) is 2.41. The molecule has 0 aliphatic carbocycles. The van der Waals surface area contributed by atoms with Gasteiger partial charge >= 0.3 is 0 Å². The van der Waals surface area contributed by atoms with Crippen molar-refractivity contribution >= 4 is 11.8 Å². The predicted octanol–water partition coefficient (Wildman–Crippen LogP) is -1.71. The number of ether oxygens (including phenoxy) is 1. The van der Waals surface area contributed by atoms with Crippen molar-refractivity contribution in [2.75, 3.05) is 40.4 Å². The molecule has 110 valence electrons. The molecule has 0 aromatic heterocycles. The van der Waals surface area contributed by atoms with Crippen LogP contribution in [0.3, 0.4) is 0 Å². The van der Waals surface area contributed by atoms with Gasteiger partial charge in [0.25, 0.3) is 0 Å². The first-order valence-electron chi connectivity index (χ1n) is 6.54.